The molecule has 0 aliphatic carbocycles. The van der Waals surface area contributed by atoms with Crippen molar-refractivity contribution in [2.45, 2.75) is 13.0 Å². The Kier molecular flexibility index (Phi) is 6.68. The lowest BCUT2D eigenvalue weighted by molar-refractivity contribution is -0.141. The Morgan fingerprint density at radius 3 is 2.52 bits per heavy atom. The summed E-state index contributed by atoms with van der Waals surface area (Å²) in [5.41, 5.74) is 2.46. The number of aromatic amines is 2. The first kappa shape index (κ1) is 20.6. The van der Waals surface area contributed by atoms with Crippen molar-refractivity contribution < 1.29 is 14.3 Å². The number of ether oxygens (including phenoxy) is 2. The van der Waals surface area contributed by atoms with Crippen LogP contribution in [0.2, 0.25) is 0 Å². The predicted octanol–water partition coefficient (Wildman–Crippen LogP) is 4.01. The van der Waals surface area contributed by atoms with Crippen LogP contribution >= 0.6 is 24.4 Å². The third-order valence-electron chi connectivity index (χ3n) is 4.07. The summed E-state index contributed by atoms with van der Waals surface area (Å²) in [4.78, 5) is 11.5. The molecule has 0 aliphatic heterocycles. The number of H-pyrrole nitrogens is 2. The van der Waals surface area contributed by atoms with Crippen molar-refractivity contribution in [3.05, 3.63) is 58.1 Å². The van der Waals surface area contributed by atoms with Gasteiger partial charge in [0.25, 0.3) is 0 Å². The highest BCUT2D eigenvalue weighted by molar-refractivity contribution is 7.72. The zero-order valence-corrected chi connectivity index (χ0v) is 17.5. The molecule has 0 saturated carbocycles. The Labute approximate surface area is 177 Å². The van der Waals surface area contributed by atoms with E-state index >= 15 is 0 Å². The molecule has 0 aliphatic rings. The van der Waals surface area contributed by atoms with E-state index < -0.39 is 6.04 Å². The molecule has 1 heterocycles. The summed E-state index contributed by atoms with van der Waals surface area (Å²) in [6, 6.07) is 14.6. The fourth-order valence-corrected chi connectivity index (χ4v) is 3.22. The van der Waals surface area contributed by atoms with Crippen LogP contribution in [0, 0.1) is 9.54 Å². The fourth-order valence-electron chi connectivity index (χ4n) is 2.66. The van der Waals surface area contributed by atoms with Gasteiger partial charge in [-0.1, -0.05) is 12.1 Å². The van der Waals surface area contributed by atoms with E-state index in [0.29, 0.717) is 15.3 Å². The number of carbonyl (C=O) groups excluding carboxylic acids is 1. The number of esters is 1. The Hall–Kier alpha value is -3.11. The predicted molar refractivity (Wildman–Crippen MR) is 117 cm³/mol. The van der Waals surface area contributed by atoms with Gasteiger partial charge in [-0.25, -0.2) is 4.79 Å². The normalized spacial score (nSPS) is 11.5. The summed E-state index contributed by atoms with van der Waals surface area (Å²) < 4.78 is 13.2. The molecule has 0 bridgehead atoms. The van der Waals surface area contributed by atoms with E-state index in [1.54, 1.807) is 11.5 Å². The summed E-state index contributed by atoms with van der Waals surface area (Å²) in [6.07, 6.45) is 0. The third-order valence-corrected chi connectivity index (χ3v) is 4.64. The van der Waals surface area contributed by atoms with Crippen LogP contribution in [-0.4, -0.2) is 40.6 Å². The van der Waals surface area contributed by atoms with E-state index in [-0.39, 0.29) is 12.7 Å². The Bertz CT molecular complexity index is 1080. The van der Waals surface area contributed by atoms with Crippen LogP contribution in [0.15, 0.2) is 48.5 Å². The second-order valence-corrected chi connectivity index (χ2v) is 6.90. The first-order chi connectivity index (χ1) is 14.0. The highest BCUT2D eigenvalue weighted by Crippen LogP contribution is 2.19. The molecule has 10 heteroatoms. The molecule has 152 valence electrons. The minimum absolute atomic E-state index is 0.255. The summed E-state index contributed by atoms with van der Waals surface area (Å²) in [5.74, 6) is 0.325. The molecule has 1 atom stereocenters. The number of carbonyl (C=O) groups is 1. The molecule has 0 spiro atoms. The van der Waals surface area contributed by atoms with Crippen molar-refractivity contribution in [2.75, 3.05) is 24.5 Å². The first-order valence-electron chi connectivity index (χ1n) is 8.79. The third kappa shape index (κ3) is 5.24. The van der Waals surface area contributed by atoms with E-state index in [2.05, 4.69) is 20.8 Å². The number of rotatable bonds is 8. The number of methoxy groups -OCH3 is 1. The number of nitrogens with zero attached hydrogens (tertiary/aromatic N) is 1. The van der Waals surface area contributed by atoms with Crippen molar-refractivity contribution in [3.63, 3.8) is 0 Å². The molecular weight excluding hydrogens is 410 g/mol. The van der Waals surface area contributed by atoms with Gasteiger partial charge in [-0.15, -0.1) is 0 Å². The molecular formula is C19H21N5O3S2. The molecule has 0 amide bonds. The molecule has 8 nitrogen and oxygen atoms in total. The van der Waals surface area contributed by atoms with Gasteiger partial charge in [0.05, 0.1) is 12.8 Å². The zero-order chi connectivity index (χ0) is 20.8. The van der Waals surface area contributed by atoms with E-state index in [0.717, 1.165) is 17.1 Å². The van der Waals surface area contributed by atoms with Crippen LogP contribution in [0.25, 0.3) is 5.69 Å². The number of aromatic nitrogens is 3. The number of anilines is 2. The van der Waals surface area contributed by atoms with E-state index in [9.17, 15) is 4.79 Å². The summed E-state index contributed by atoms with van der Waals surface area (Å²) in [7, 11) is 1.36. The standard InChI is InChI=1S/C19H21N5O3S2/c1-12(17(25)26-2)21-14-6-4-8-16(10-14)27-11-20-13-5-3-7-15(9-13)24-18(28)22-23-19(24)29/h3-10,12,20-21H,11H2,1-2H3,(H,22,28)(H,23,29). The van der Waals surface area contributed by atoms with Crippen LogP contribution < -0.4 is 15.4 Å². The maximum Gasteiger partial charge on any atom is 0.327 e. The van der Waals surface area contributed by atoms with Gasteiger partial charge in [0, 0.05) is 17.4 Å². The monoisotopic (exact) mass is 431 g/mol. The summed E-state index contributed by atoms with van der Waals surface area (Å²) >= 11 is 10.5. The van der Waals surface area contributed by atoms with Gasteiger partial charge in [-0.05, 0) is 61.7 Å². The van der Waals surface area contributed by atoms with Crippen LogP contribution in [0.5, 0.6) is 5.75 Å². The topological polar surface area (TPSA) is 96.1 Å². The van der Waals surface area contributed by atoms with Gasteiger partial charge in [-0.2, -0.15) is 0 Å². The Morgan fingerprint density at radius 2 is 1.79 bits per heavy atom. The molecule has 3 aromatic rings. The van der Waals surface area contributed by atoms with Crippen molar-refractivity contribution in [2.24, 2.45) is 0 Å². The maximum absolute atomic E-state index is 11.5. The summed E-state index contributed by atoms with van der Waals surface area (Å²) in [5, 5.41) is 11.9. The average molecular weight is 432 g/mol. The van der Waals surface area contributed by atoms with Crippen molar-refractivity contribution in [1.82, 2.24) is 14.8 Å². The molecule has 1 aromatic heterocycles. The lowest BCUT2D eigenvalue weighted by Crippen LogP contribution is -2.27. The molecule has 0 radical (unpaired) electrons. The van der Waals surface area contributed by atoms with Gasteiger partial charge in [0.15, 0.2) is 16.3 Å². The van der Waals surface area contributed by atoms with E-state index in [1.807, 2.05) is 48.5 Å². The van der Waals surface area contributed by atoms with Crippen molar-refractivity contribution >= 4 is 41.8 Å². The lowest BCUT2D eigenvalue weighted by Gasteiger charge is -2.14. The number of hydrogen-bond acceptors (Lipinski definition) is 7. The number of hydrogen-bond donors (Lipinski definition) is 4. The first-order valence-corrected chi connectivity index (χ1v) is 9.61. The van der Waals surface area contributed by atoms with Crippen LogP contribution in [0.1, 0.15) is 6.92 Å². The second-order valence-electron chi connectivity index (χ2n) is 6.13. The SMILES string of the molecule is COC(=O)C(C)Nc1cccc(OCNc2cccc(-n3c(=S)[nH][nH]c3=S)c2)c1. The van der Waals surface area contributed by atoms with E-state index in [1.165, 1.54) is 7.11 Å². The Morgan fingerprint density at radius 1 is 1.10 bits per heavy atom. The quantitative estimate of drug-likeness (QED) is 0.243. The molecule has 2 aromatic carbocycles. The van der Waals surface area contributed by atoms with Crippen LogP contribution in [-0.2, 0) is 9.53 Å². The molecule has 29 heavy (non-hydrogen) atoms. The zero-order valence-electron chi connectivity index (χ0n) is 15.9. The van der Waals surface area contributed by atoms with Crippen LogP contribution in [0.3, 0.4) is 0 Å². The van der Waals surface area contributed by atoms with Gasteiger partial charge in [-0.3, -0.25) is 14.8 Å². The molecule has 0 fully saturated rings. The summed E-state index contributed by atoms with van der Waals surface area (Å²) in [6.45, 7) is 1.99. The molecule has 0 saturated heterocycles. The van der Waals surface area contributed by atoms with Gasteiger partial charge in [0.2, 0.25) is 0 Å². The lowest BCUT2D eigenvalue weighted by atomic mass is 10.2. The highest BCUT2D eigenvalue weighted by Gasteiger charge is 2.12. The van der Waals surface area contributed by atoms with E-state index in [4.69, 9.17) is 33.9 Å². The van der Waals surface area contributed by atoms with Gasteiger partial charge < -0.3 is 20.1 Å². The van der Waals surface area contributed by atoms with Crippen LogP contribution in [0.4, 0.5) is 11.4 Å². The average Bonchev–Trinajstić information content (AvgIpc) is 3.06. The molecule has 3 rings (SSSR count). The maximum atomic E-state index is 11.5. The Balaban J connectivity index is 1.61. The minimum Gasteiger partial charge on any atom is -0.473 e. The number of benzene rings is 2. The van der Waals surface area contributed by atoms with Crippen molar-refractivity contribution in [1.29, 1.82) is 0 Å². The molecule has 4 N–H and O–H groups in total. The van der Waals surface area contributed by atoms with Gasteiger partial charge >= 0.3 is 5.97 Å². The van der Waals surface area contributed by atoms with Crippen molar-refractivity contribution in [3.8, 4) is 11.4 Å². The number of nitrogens with one attached hydrogen (secondary N) is 4. The van der Waals surface area contributed by atoms with Gasteiger partial charge in [0.1, 0.15) is 11.8 Å². The molecule has 1 unspecified atom stereocenters. The minimum atomic E-state index is -0.456. The fraction of sp³-hybridized carbons (Fsp3) is 0.211. The largest absolute Gasteiger partial charge is 0.473 e. The smallest absolute Gasteiger partial charge is 0.327 e. The second kappa shape index (κ2) is 9.39. The highest BCUT2D eigenvalue weighted by atomic mass is 32.1.